The van der Waals surface area contributed by atoms with Crippen LogP contribution in [0.1, 0.15) is 37.6 Å². The van der Waals surface area contributed by atoms with E-state index in [1.54, 1.807) is 6.07 Å². The zero-order valence-corrected chi connectivity index (χ0v) is 16.3. The van der Waals surface area contributed by atoms with Gasteiger partial charge in [0.05, 0.1) is 12.1 Å². The molecule has 0 spiro atoms. The van der Waals surface area contributed by atoms with E-state index in [1.165, 1.54) is 0 Å². The van der Waals surface area contributed by atoms with Crippen LogP contribution >= 0.6 is 0 Å². The van der Waals surface area contributed by atoms with Crippen LogP contribution in [0.3, 0.4) is 0 Å². The van der Waals surface area contributed by atoms with E-state index in [-0.39, 0.29) is 23.9 Å². The molecule has 0 atom stereocenters. The Morgan fingerprint density at radius 2 is 1.88 bits per heavy atom. The van der Waals surface area contributed by atoms with Crippen molar-refractivity contribution in [2.75, 3.05) is 50.4 Å². The topological polar surface area (TPSA) is 90.7 Å². The second-order valence-electron chi connectivity index (χ2n) is 7.90. The molecule has 1 heterocycles. The molecule has 26 heavy (non-hydrogen) atoms. The van der Waals surface area contributed by atoms with E-state index in [9.17, 15) is 9.59 Å². The molecule has 1 aromatic carbocycles. The summed E-state index contributed by atoms with van der Waals surface area (Å²) in [7, 11) is 2.12. The molecular formula is C19H31N5O2. The zero-order valence-electron chi connectivity index (χ0n) is 16.3. The first-order chi connectivity index (χ1) is 12.2. The number of carbonyl (C=O) groups excluding carboxylic acids is 2. The first-order valence-corrected chi connectivity index (χ1v) is 9.08. The largest absolute Gasteiger partial charge is 0.398 e. The highest BCUT2D eigenvalue weighted by atomic mass is 16.2. The Morgan fingerprint density at radius 1 is 1.15 bits per heavy atom. The summed E-state index contributed by atoms with van der Waals surface area (Å²) in [6, 6.07) is 5.52. The summed E-state index contributed by atoms with van der Waals surface area (Å²) in [6.07, 6.45) is 1.08. The molecule has 0 unspecified atom stereocenters. The summed E-state index contributed by atoms with van der Waals surface area (Å²) in [4.78, 5) is 29.0. The number of rotatable bonds is 4. The van der Waals surface area contributed by atoms with Crippen LogP contribution in [0.25, 0.3) is 0 Å². The van der Waals surface area contributed by atoms with Crippen molar-refractivity contribution in [3.05, 3.63) is 23.8 Å². The fourth-order valence-corrected chi connectivity index (χ4v) is 2.96. The summed E-state index contributed by atoms with van der Waals surface area (Å²) in [5.41, 5.74) is 7.46. The minimum atomic E-state index is -0.333. The highest BCUT2D eigenvalue weighted by Gasteiger charge is 2.18. The molecule has 0 radical (unpaired) electrons. The van der Waals surface area contributed by atoms with Gasteiger partial charge in [-0.25, -0.2) is 0 Å². The fraction of sp³-hybridized carbons (Fsp3) is 0.579. The fourth-order valence-electron chi connectivity index (χ4n) is 2.96. The summed E-state index contributed by atoms with van der Waals surface area (Å²) < 4.78 is 0. The quantitative estimate of drug-likeness (QED) is 0.698. The van der Waals surface area contributed by atoms with E-state index in [4.69, 9.17) is 5.73 Å². The zero-order chi connectivity index (χ0) is 19.3. The van der Waals surface area contributed by atoms with Crippen molar-refractivity contribution in [1.82, 2.24) is 15.5 Å². The van der Waals surface area contributed by atoms with Gasteiger partial charge in [0.25, 0.3) is 5.91 Å². The molecule has 0 bridgehead atoms. The first kappa shape index (κ1) is 20.0. The van der Waals surface area contributed by atoms with Crippen LogP contribution in [-0.4, -0.2) is 62.0 Å². The van der Waals surface area contributed by atoms with Gasteiger partial charge in [-0.2, -0.15) is 0 Å². The number of nitrogen functional groups attached to an aromatic ring is 1. The predicted octanol–water partition coefficient (Wildman–Crippen LogP) is 1.06. The smallest absolute Gasteiger partial charge is 0.253 e. The number of nitrogens with one attached hydrogen (secondary N) is 2. The molecule has 0 saturated carbocycles. The van der Waals surface area contributed by atoms with E-state index in [0.717, 1.165) is 38.3 Å². The van der Waals surface area contributed by atoms with Gasteiger partial charge in [-0.05, 0) is 59.0 Å². The highest BCUT2D eigenvalue weighted by molar-refractivity contribution is 6.01. The number of likely N-dealkylation sites (N-methyl/N-ethyl adjacent to an activating group) is 1. The van der Waals surface area contributed by atoms with Gasteiger partial charge in [0.2, 0.25) is 5.91 Å². The minimum Gasteiger partial charge on any atom is -0.398 e. The van der Waals surface area contributed by atoms with Crippen LogP contribution in [0.4, 0.5) is 11.4 Å². The maximum atomic E-state index is 12.5. The Labute approximate surface area is 155 Å². The Hall–Kier alpha value is -2.28. The average molecular weight is 361 g/mol. The molecule has 1 saturated heterocycles. The Balaban J connectivity index is 2.04. The minimum absolute atomic E-state index is 0.0751. The second kappa shape index (κ2) is 8.40. The monoisotopic (exact) mass is 361 g/mol. The van der Waals surface area contributed by atoms with Gasteiger partial charge in [0, 0.05) is 36.5 Å². The Bertz CT molecular complexity index is 654. The van der Waals surface area contributed by atoms with Crippen LogP contribution in [0, 0.1) is 0 Å². The number of carbonyl (C=O) groups is 2. The van der Waals surface area contributed by atoms with E-state index >= 15 is 0 Å². The van der Waals surface area contributed by atoms with Crippen molar-refractivity contribution in [3.8, 4) is 0 Å². The Morgan fingerprint density at radius 3 is 2.58 bits per heavy atom. The lowest BCUT2D eigenvalue weighted by molar-refractivity contribution is -0.121. The first-order valence-electron chi connectivity index (χ1n) is 9.08. The maximum Gasteiger partial charge on any atom is 0.253 e. The van der Waals surface area contributed by atoms with Crippen molar-refractivity contribution in [2.24, 2.45) is 0 Å². The van der Waals surface area contributed by atoms with Gasteiger partial charge in [-0.1, -0.05) is 0 Å². The van der Waals surface area contributed by atoms with E-state index < -0.39 is 0 Å². The molecule has 2 amide bonds. The SMILES string of the molecule is CN1CCCN(c2ccc(N)c(C(=O)NCC(=O)NC(C)(C)C)c2)CC1. The molecule has 1 aliphatic heterocycles. The molecule has 0 aliphatic carbocycles. The van der Waals surface area contributed by atoms with Gasteiger partial charge in [0.15, 0.2) is 0 Å². The molecule has 144 valence electrons. The molecule has 7 nitrogen and oxygen atoms in total. The van der Waals surface area contributed by atoms with Gasteiger partial charge < -0.3 is 26.2 Å². The molecule has 7 heteroatoms. The second-order valence-corrected chi connectivity index (χ2v) is 7.90. The third-order valence-electron chi connectivity index (χ3n) is 4.29. The molecule has 0 aromatic heterocycles. The maximum absolute atomic E-state index is 12.5. The van der Waals surface area contributed by atoms with Crippen molar-refractivity contribution in [2.45, 2.75) is 32.7 Å². The third-order valence-corrected chi connectivity index (χ3v) is 4.29. The predicted molar refractivity (Wildman–Crippen MR) is 105 cm³/mol. The van der Waals surface area contributed by atoms with Crippen LogP contribution < -0.4 is 21.3 Å². The number of nitrogens with zero attached hydrogens (tertiary/aromatic N) is 2. The van der Waals surface area contributed by atoms with Crippen LogP contribution in [0.15, 0.2) is 18.2 Å². The molecule has 1 aliphatic rings. The molecule has 2 rings (SSSR count). The normalized spacial score (nSPS) is 16.1. The Kier molecular flexibility index (Phi) is 6.47. The van der Waals surface area contributed by atoms with E-state index in [1.807, 2.05) is 32.9 Å². The van der Waals surface area contributed by atoms with Crippen LogP contribution in [-0.2, 0) is 4.79 Å². The lowest BCUT2D eigenvalue weighted by atomic mass is 10.1. The van der Waals surface area contributed by atoms with Gasteiger partial charge in [0.1, 0.15) is 0 Å². The summed E-state index contributed by atoms with van der Waals surface area (Å²) in [5, 5.41) is 5.47. The number of amides is 2. The average Bonchev–Trinajstić information content (AvgIpc) is 2.76. The molecular weight excluding hydrogens is 330 g/mol. The number of nitrogens with two attached hydrogens (primary N) is 1. The summed E-state index contributed by atoms with van der Waals surface area (Å²) in [5.74, 6) is -0.559. The summed E-state index contributed by atoms with van der Waals surface area (Å²) in [6.45, 7) is 9.53. The lowest BCUT2D eigenvalue weighted by Crippen LogP contribution is -2.45. The van der Waals surface area contributed by atoms with Gasteiger partial charge in [-0.3, -0.25) is 9.59 Å². The van der Waals surface area contributed by atoms with Gasteiger partial charge >= 0.3 is 0 Å². The van der Waals surface area contributed by atoms with Gasteiger partial charge in [-0.15, -0.1) is 0 Å². The number of anilines is 2. The third kappa shape index (κ3) is 5.91. The standard InChI is InChI=1S/C19H31N5O2/c1-19(2,3)22-17(25)13-21-18(26)15-12-14(6-7-16(15)20)24-9-5-8-23(4)10-11-24/h6-7,12H,5,8-11,13,20H2,1-4H3,(H,21,26)(H,22,25). The van der Waals surface area contributed by atoms with E-state index in [0.29, 0.717) is 11.3 Å². The number of hydrogen-bond donors (Lipinski definition) is 3. The number of hydrogen-bond acceptors (Lipinski definition) is 5. The lowest BCUT2D eigenvalue weighted by Gasteiger charge is -2.24. The molecule has 4 N–H and O–H groups in total. The number of benzene rings is 1. The van der Waals surface area contributed by atoms with Crippen molar-refractivity contribution >= 4 is 23.2 Å². The van der Waals surface area contributed by atoms with Crippen LogP contribution in [0.2, 0.25) is 0 Å². The summed E-state index contributed by atoms with van der Waals surface area (Å²) >= 11 is 0. The van der Waals surface area contributed by atoms with Crippen LogP contribution in [0.5, 0.6) is 0 Å². The molecule has 1 aromatic rings. The van der Waals surface area contributed by atoms with E-state index in [2.05, 4.69) is 27.5 Å². The highest BCUT2D eigenvalue weighted by Crippen LogP contribution is 2.22. The molecule has 1 fully saturated rings. The van der Waals surface area contributed by atoms with Crippen molar-refractivity contribution < 1.29 is 9.59 Å². The van der Waals surface area contributed by atoms with Crippen molar-refractivity contribution in [1.29, 1.82) is 0 Å². The van der Waals surface area contributed by atoms with Crippen molar-refractivity contribution in [3.63, 3.8) is 0 Å².